The molecule has 0 spiro atoms. The van der Waals surface area contributed by atoms with Gasteiger partial charge in [-0.15, -0.1) is 0 Å². The van der Waals surface area contributed by atoms with Crippen LogP contribution in [-0.4, -0.2) is 17.0 Å². The zero-order valence-electron chi connectivity index (χ0n) is 8.25. The Morgan fingerprint density at radius 3 is 2.69 bits per heavy atom. The molecule has 2 aliphatic rings. The number of hydrogen-bond acceptors (Lipinski definition) is 2. The molecule has 0 heterocycles. The number of carbonyl (C=O) groups is 1. The molecule has 2 rings (SSSR count). The van der Waals surface area contributed by atoms with E-state index < -0.39 is 5.60 Å². The van der Waals surface area contributed by atoms with Crippen molar-refractivity contribution in [1.29, 1.82) is 0 Å². The van der Waals surface area contributed by atoms with Crippen molar-refractivity contribution in [2.75, 3.05) is 0 Å². The summed E-state index contributed by atoms with van der Waals surface area (Å²) in [6.45, 7) is 2.10. The van der Waals surface area contributed by atoms with Crippen LogP contribution >= 0.6 is 0 Å². The Kier molecular flexibility index (Phi) is 1.99. The fourth-order valence-corrected chi connectivity index (χ4v) is 3.30. The molecule has 2 aliphatic carbocycles. The Morgan fingerprint density at radius 2 is 2.00 bits per heavy atom. The first-order valence-corrected chi connectivity index (χ1v) is 5.30. The Balaban J connectivity index is 2.31. The molecule has 0 aromatic heterocycles. The molecule has 2 fully saturated rings. The first-order valence-electron chi connectivity index (χ1n) is 5.30. The summed E-state index contributed by atoms with van der Waals surface area (Å²) in [5, 5.41) is 10.4. The Bertz CT molecular complexity index is 226. The predicted molar refractivity (Wildman–Crippen MR) is 50.3 cm³/mol. The Labute approximate surface area is 79.3 Å². The number of hydrogen-bond donors (Lipinski definition) is 1. The molecule has 1 N–H and O–H groups in total. The second-order valence-corrected chi connectivity index (χ2v) is 4.94. The van der Waals surface area contributed by atoms with E-state index in [1.807, 2.05) is 0 Å². The van der Waals surface area contributed by atoms with Crippen molar-refractivity contribution in [3.63, 3.8) is 0 Å². The second-order valence-electron chi connectivity index (χ2n) is 4.94. The normalized spacial score (nSPS) is 50.2. The van der Waals surface area contributed by atoms with Crippen molar-refractivity contribution < 1.29 is 9.90 Å². The van der Waals surface area contributed by atoms with Gasteiger partial charge in [-0.2, -0.15) is 0 Å². The quantitative estimate of drug-likeness (QED) is 0.629. The second kappa shape index (κ2) is 2.81. The van der Waals surface area contributed by atoms with Crippen molar-refractivity contribution in [2.24, 2.45) is 11.3 Å². The molecule has 0 aromatic carbocycles. The molecule has 2 nitrogen and oxygen atoms in total. The molecule has 0 radical (unpaired) electrons. The van der Waals surface area contributed by atoms with Gasteiger partial charge in [-0.3, -0.25) is 0 Å². The van der Waals surface area contributed by atoms with Gasteiger partial charge in [0, 0.05) is 11.3 Å². The summed E-state index contributed by atoms with van der Waals surface area (Å²) in [7, 11) is 0. The van der Waals surface area contributed by atoms with Crippen LogP contribution < -0.4 is 0 Å². The Hall–Kier alpha value is -0.370. The molecule has 3 unspecified atom stereocenters. The molecular formula is C11H18O2. The highest BCUT2D eigenvalue weighted by atomic mass is 16.3. The van der Waals surface area contributed by atoms with Crippen LogP contribution in [0.4, 0.5) is 0 Å². The van der Waals surface area contributed by atoms with E-state index in [1.165, 1.54) is 6.42 Å². The smallest absolute Gasteiger partial charge is 0.123 e. The highest BCUT2D eigenvalue weighted by Crippen LogP contribution is 2.57. The monoisotopic (exact) mass is 182 g/mol. The van der Waals surface area contributed by atoms with E-state index in [9.17, 15) is 9.90 Å². The molecule has 0 aromatic rings. The number of aldehydes is 1. The van der Waals surface area contributed by atoms with Gasteiger partial charge in [0.15, 0.2) is 0 Å². The third-order valence-electron chi connectivity index (χ3n) is 4.45. The average molecular weight is 182 g/mol. The van der Waals surface area contributed by atoms with Crippen LogP contribution in [-0.2, 0) is 4.79 Å². The van der Waals surface area contributed by atoms with Gasteiger partial charge in [-0.05, 0) is 25.7 Å². The fraction of sp³-hybridized carbons (Fsp3) is 0.909. The zero-order chi connectivity index (χ0) is 9.53. The minimum absolute atomic E-state index is 0.0952. The van der Waals surface area contributed by atoms with E-state index in [4.69, 9.17) is 0 Å². The molecule has 0 saturated heterocycles. The maximum atomic E-state index is 10.9. The predicted octanol–water partition coefficient (Wildman–Crippen LogP) is 1.91. The summed E-state index contributed by atoms with van der Waals surface area (Å²) in [6, 6.07) is 0. The average Bonchev–Trinajstić information content (AvgIpc) is 2.37. The van der Waals surface area contributed by atoms with E-state index >= 15 is 0 Å². The highest BCUT2D eigenvalue weighted by molar-refractivity contribution is 5.56. The zero-order valence-corrected chi connectivity index (χ0v) is 8.25. The summed E-state index contributed by atoms with van der Waals surface area (Å²) >= 11 is 0. The van der Waals surface area contributed by atoms with Crippen LogP contribution in [0, 0.1) is 11.3 Å². The third kappa shape index (κ3) is 1.08. The van der Waals surface area contributed by atoms with E-state index in [1.54, 1.807) is 0 Å². The molecule has 2 heteroatoms. The fourth-order valence-electron chi connectivity index (χ4n) is 3.30. The van der Waals surface area contributed by atoms with Gasteiger partial charge >= 0.3 is 0 Å². The molecule has 2 saturated carbocycles. The summed E-state index contributed by atoms with van der Waals surface area (Å²) in [5.41, 5.74) is -0.649. The van der Waals surface area contributed by atoms with Crippen molar-refractivity contribution in [3.8, 4) is 0 Å². The van der Waals surface area contributed by atoms with Crippen LogP contribution in [0.2, 0.25) is 0 Å². The van der Waals surface area contributed by atoms with Gasteiger partial charge < -0.3 is 9.90 Å². The topological polar surface area (TPSA) is 37.3 Å². The van der Waals surface area contributed by atoms with Crippen LogP contribution in [0.5, 0.6) is 0 Å². The highest BCUT2D eigenvalue weighted by Gasteiger charge is 2.56. The van der Waals surface area contributed by atoms with E-state index in [0.717, 1.165) is 38.4 Å². The minimum atomic E-state index is -0.531. The van der Waals surface area contributed by atoms with Gasteiger partial charge in [0.25, 0.3) is 0 Å². The minimum Gasteiger partial charge on any atom is -0.389 e. The lowest BCUT2D eigenvalue weighted by Gasteiger charge is -2.45. The molecule has 74 valence electrons. The largest absolute Gasteiger partial charge is 0.389 e. The van der Waals surface area contributed by atoms with E-state index in [2.05, 4.69) is 6.92 Å². The van der Waals surface area contributed by atoms with Gasteiger partial charge in [0.05, 0.1) is 5.60 Å². The van der Waals surface area contributed by atoms with Crippen molar-refractivity contribution in [3.05, 3.63) is 0 Å². The first-order chi connectivity index (χ1) is 6.12. The molecule has 0 amide bonds. The molecule has 0 bridgehead atoms. The number of carbonyl (C=O) groups excluding carboxylic acids is 1. The van der Waals surface area contributed by atoms with Crippen LogP contribution in [0.1, 0.15) is 45.4 Å². The number of aliphatic hydroxyl groups is 1. The standard InChI is InChI=1S/C11H18O2/c1-10-5-2-3-6-11(10,13)7-4-9(10)8-12/h8-9,13H,2-7H2,1H3. The molecule has 13 heavy (non-hydrogen) atoms. The van der Waals surface area contributed by atoms with Gasteiger partial charge in [-0.25, -0.2) is 0 Å². The third-order valence-corrected chi connectivity index (χ3v) is 4.45. The lowest BCUT2D eigenvalue weighted by Crippen LogP contribution is -2.47. The van der Waals surface area contributed by atoms with Crippen LogP contribution in [0.3, 0.4) is 0 Å². The van der Waals surface area contributed by atoms with Crippen LogP contribution in [0.25, 0.3) is 0 Å². The summed E-state index contributed by atoms with van der Waals surface area (Å²) < 4.78 is 0. The van der Waals surface area contributed by atoms with Gasteiger partial charge in [0.1, 0.15) is 6.29 Å². The maximum absolute atomic E-state index is 10.9. The van der Waals surface area contributed by atoms with Crippen molar-refractivity contribution in [2.45, 2.75) is 51.0 Å². The SMILES string of the molecule is CC12CCCCC1(O)CCC2C=O. The van der Waals surface area contributed by atoms with E-state index in [0.29, 0.717) is 0 Å². The Morgan fingerprint density at radius 1 is 1.31 bits per heavy atom. The maximum Gasteiger partial charge on any atom is 0.123 e. The summed E-state index contributed by atoms with van der Waals surface area (Å²) in [4.78, 5) is 10.9. The molecule has 0 aliphatic heterocycles. The summed E-state index contributed by atoms with van der Waals surface area (Å²) in [6.07, 6.45) is 6.98. The van der Waals surface area contributed by atoms with E-state index in [-0.39, 0.29) is 11.3 Å². The molecular weight excluding hydrogens is 164 g/mol. The lowest BCUT2D eigenvalue weighted by atomic mass is 9.63. The summed E-state index contributed by atoms with van der Waals surface area (Å²) in [5.74, 6) is 0.0952. The van der Waals surface area contributed by atoms with Crippen LogP contribution in [0.15, 0.2) is 0 Å². The van der Waals surface area contributed by atoms with Crippen molar-refractivity contribution in [1.82, 2.24) is 0 Å². The van der Waals surface area contributed by atoms with Crippen molar-refractivity contribution >= 4 is 6.29 Å². The van der Waals surface area contributed by atoms with Gasteiger partial charge in [-0.1, -0.05) is 19.8 Å². The first kappa shape index (κ1) is 9.20. The number of fused-ring (bicyclic) bond motifs is 1. The number of rotatable bonds is 1. The lowest BCUT2D eigenvalue weighted by molar-refractivity contribution is -0.126. The van der Waals surface area contributed by atoms with Gasteiger partial charge in [0.2, 0.25) is 0 Å². The molecule has 3 atom stereocenters.